The Balaban J connectivity index is 1.70. The van der Waals surface area contributed by atoms with Crippen LogP contribution in [-0.4, -0.2) is 17.0 Å². The minimum Gasteiger partial charge on any atom is -0.481 e. The third-order valence-corrected chi connectivity index (χ3v) is 4.33. The van der Waals surface area contributed by atoms with Crippen LogP contribution >= 0.6 is 0 Å². The third-order valence-electron chi connectivity index (χ3n) is 4.33. The molecule has 26 heavy (non-hydrogen) atoms. The molecule has 2 aromatic heterocycles. The van der Waals surface area contributed by atoms with Crippen LogP contribution in [0, 0.1) is 13.8 Å². The van der Waals surface area contributed by atoms with Gasteiger partial charge in [0.15, 0.2) is 6.10 Å². The normalized spacial score (nSPS) is 12.0. The topological polar surface area (TPSA) is 81.4 Å². The summed E-state index contributed by atoms with van der Waals surface area (Å²) in [6.45, 7) is 5.69. The molecule has 0 aliphatic carbocycles. The van der Waals surface area contributed by atoms with E-state index in [0.717, 1.165) is 16.5 Å². The van der Waals surface area contributed by atoms with E-state index in [9.17, 15) is 9.59 Å². The van der Waals surface area contributed by atoms with E-state index in [2.05, 4.69) is 10.3 Å². The monoisotopic (exact) mass is 352 g/mol. The van der Waals surface area contributed by atoms with Crippen LogP contribution in [0.25, 0.3) is 11.0 Å². The second-order valence-corrected chi connectivity index (χ2v) is 6.13. The van der Waals surface area contributed by atoms with E-state index < -0.39 is 6.10 Å². The van der Waals surface area contributed by atoms with E-state index in [1.54, 1.807) is 38.4 Å². The van der Waals surface area contributed by atoms with Gasteiger partial charge in [-0.25, -0.2) is 4.79 Å². The summed E-state index contributed by atoms with van der Waals surface area (Å²) in [5, 5.41) is 3.67. The van der Waals surface area contributed by atoms with Crippen molar-refractivity contribution in [2.45, 2.75) is 33.4 Å². The molecule has 0 bridgehead atoms. The first-order valence-corrected chi connectivity index (χ1v) is 8.33. The number of nitrogens with zero attached hydrogens (tertiary/aromatic N) is 1. The molecule has 1 atom stereocenters. The molecule has 6 heteroatoms. The van der Waals surface area contributed by atoms with Crippen molar-refractivity contribution in [3.05, 3.63) is 69.8 Å². The van der Waals surface area contributed by atoms with Crippen LogP contribution in [0.1, 0.15) is 23.6 Å². The highest BCUT2D eigenvalue weighted by Crippen LogP contribution is 2.24. The van der Waals surface area contributed by atoms with Crippen LogP contribution in [0.5, 0.6) is 5.75 Å². The Labute approximate surface area is 150 Å². The lowest BCUT2D eigenvalue weighted by Gasteiger charge is -2.15. The van der Waals surface area contributed by atoms with Gasteiger partial charge in [-0.05, 0) is 56.2 Å². The van der Waals surface area contributed by atoms with Crippen LogP contribution in [0.15, 0.2) is 51.9 Å². The molecule has 0 fully saturated rings. The fourth-order valence-corrected chi connectivity index (χ4v) is 2.59. The number of hydrogen-bond donors (Lipinski definition) is 1. The number of rotatable bonds is 5. The predicted molar refractivity (Wildman–Crippen MR) is 98.1 cm³/mol. The number of ether oxygens (including phenoxy) is 1. The Bertz CT molecular complexity index is 996. The van der Waals surface area contributed by atoms with Crippen LogP contribution in [0.4, 0.5) is 0 Å². The van der Waals surface area contributed by atoms with E-state index in [0.29, 0.717) is 23.4 Å². The molecule has 1 aromatic carbocycles. The van der Waals surface area contributed by atoms with Gasteiger partial charge in [0.1, 0.15) is 11.3 Å². The summed E-state index contributed by atoms with van der Waals surface area (Å²) in [4.78, 5) is 28.0. The molecule has 134 valence electrons. The second kappa shape index (κ2) is 7.39. The van der Waals surface area contributed by atoms with Crippen molar-refractivity contribution >= 4 is 16.9 Å². The Morgan fingerprint density at radius 2 is 1.92 bits per heavy atom. The lowest BCUT2D eigenvalue weighted by Crippen LogP contribution is -2.35. The summed E-state index contributed by atoms with van der Waals surface area (Å²) in [6.07, 6.45) is 2.66. The van der Waals surface area contributed by atoms with Gasteiger partial charge in [0, 0.05) is 36.0 Å². The lowest BCUT2D eigenvalue weighted by molar-refractivity contribution is -0.127. The maximum Gasteiger partial charge on any atom is 0.339 e. The molecule has 1 N–H and O–H groups in total. The molecule has 1 amide bonds. The summed E-state index contributed by atoms with van der Waals surface area (Å²) in [6, 6.07) is 8.90. The molecule has 0 spiro atoms. The number of fused-ring (bicyclic) bond motifs is 1. The van der Waals surface area contributed by atoms with Gasteiger partial charge >= 0.3 is 5.63 Å². The van der Waals surface area contributed by atoms with Gasteiger partial charge in [-0.15, -0.1) is 0 Å². The summed E-state index contributed by atoms with van der Waals surface area (Å²) in [7, 11) is 0. The predicted octanol–water partition coefficient (Wildman–Crippen LogP) is 2.89. The number of benzene rings is 1. The molecule has 3 aromatic rings. The molecule has 1 unspecified atom stereocenters. The van der Waals surface area contributed by atoms with Crippen LogP contribution in [-0.2, 0) is 11.3 Å². The first kappa shape index (κ1) is 17.7. The van der Waals surface area contributed by atoms with Gasteiger partial charge in [0.25, 0.3) is 5.91 Å². The molecule has 0 aliphatic rings. The first-order valence-electron chi connectivity index (χ1n) is 8.33. The fourth-order valence-electron chi connectivity index (χ4n) is 2.59. The number of aromatic nitrogens is 1. The van der Waals surface area contributed by atoms with E-state index in [4.69, 9.17) is 9.15 Å². The number of carbonyl (C=O) groups is 1. The van der Waals surface area contributed by atoms with Crippen molar-refractivity contribution in [3.63, 3.8) is 0 Å². The first-order chi connectivity index (χ1) is 12.5. The molecular formula is C20H20N2O4. The lowest BCUT2D eigenvalue weighted by atomic mass is 10.1. The Morgan fingerprint density at radius 1 is 1.19 bits per heavy atom. The zero-order valence-corrected chi connectivity index (χ0v) is 14.9. The van der Waals surface area contributed by atoms with Crippen LogP contribution in [0.3, 0.4) is 0 Å². The minimum atomic E-state index is -0.687. The molecule has 0 saturated carbocycles. The van der Waals surface area contributed by atoms with Gasteiger partial charge in [0.05, 0.1) is 0 Å². The summed E-state index contributed by atoms with van der Waals surface area (Å²) in [5.41, 5.74) is 2.51. The maximum atomic E-state index is 12.2. The second-order valence-electron chi connectivity index (χ2n) is 6.13. The fraction of sp³-hybridized carbons (Fsp3) is 0.250. The van der Waals surface area contributed by atoms with Crippen molar-refractivity contribution in [2.24, 2.45) is 0 Å². The SMILES string of the molecule is Cc1c(C)c2ccc(OC(C)C(=O)NCc3ccncc3)cc2oc1=O. The molecule has 2 heterocycles. The summed E-state index contributed by atoms with van der Waals surface area (Å²) in [5.74, 6) is 0.235. The molecule has 0 saturated heterocycles. The quantitative estimate of drug-likeness (QED) is 0.714. The number of nitrogens with one attached hydrogen (secondary N) is 1. The third kappa shape index (κ3) is 3.74. The van der Waals surface area contributed by atoms with Crippen molar-refractivity contribution in [2.75, 3.05) is 0 Å². The average molecular weight is 352 g/mol. The standard InChI is InChI=1S/C20H20N2O4/c1-12-13(2)20(24)26-18-10-16(4-5-17(12)18)25-14(3)19(23)22-11-15-6-8-21-9-7-15/h4-10,14H,11H2,1-3H3,(H,22,23). The van der Waals surface area contributed by atoms with Gasteiger partial charge in [-0.2, -0.15) is 0 Å². The Kier molecular flexibility index (Phi) is 5.02. The zero-order valence-electron chi connectivity index (χ0n) is 14.9. The van der Waals surface area contributed by atoms with E-state index in [1.165, 1.54) is 0 Å². The van der Waals surface area contributed by atoms with Gasteiger partial charge in [-0.1, -0.05) is 0 Å². The molecule has 6 nitrogen and oxygen atoms in total. The summed E-state index contributed by atoms with van der Waals surface area (Å²) >= 11 is 0. The minimum absolute atomic E-state index is 0.233. The van der Waals surface area contributed by atoms with Crippen molar-refractivity contribution in [1.82, 2.24) is 10.3 Å². The number of hydrogen-bond acceptors (Lipinski definition) is 5. The highest BCUT2D eigenvalue weighted by Gasteiger charge is 2.15. The van der Waals surface area contributed by atoms with Gasteiger partial charge in [-0.3, -0.25) is 9.78 Å². The molecular weight excluding hydrogens is 332 g/mol. The highest BCUT2D eigenvalue weighted by atomic mass is 16.5. The number of aryl methyl sites for hydroxylation is 1. The smallest absolute Gasteiger partial charge is 0.339 e. The zero-order chi connectivity index (χ0) is 18.7. The number of amides is 1. The largest absolute Gasteiger partial charge is 0.481 e. The van der Waals surface area contributed by atoms with E-state index in [1.807, 2.05) is 25.1 Å². The molecule has 0 aliphatic heterocycles. The summed E-state index contributed by atoms with van der Waals surface area (Å²) < 4.78 is 11.0. The van der Waals surface area contributed by atoms with E-state index >= 15 is 0 Å². The van der Waals surface area contributed by atoms with E-state index in [-0.39, 0.29) is 11.5 Å². The van der Waals surface area contributed by atoms with Gasteiger partial charge < -0.3 is 14.5 Å². The highest BCUT2D eigenvalue weighted by molar-refractivity contribution is 5.83. The van der Waals surface area contributed by atoms with Crippen molar-refractivity contribution in [1.29, 1.82) is 0 Å². The molecule has 3 rings (SSSR count). The number of carbonyl (C=O) groups excluding carboxylic acids is 1. The van der Waals surface area contributed by atoms with Crippen molar-refractivity contribution in [3.8, 4) is 5.75 Å². The maximum absolute atomic E-state index is 12.2. The van der Waals surface area contributed by atoms with Gasteiger partial charge in [0.2, 0.25) is 0 Å². The molecule has 0 radical (unpaired) electrons. The van der Waals surface area contributed by atoms with Crippen molar-refractivity contribution < 1.29 is 13.9 Å². The van der Waals surface area contributed by atoms with Crippen LogP contribution < -0.4 is 15.7 Å². The Hall–Kier alpha value is -3.15. The average Bonchev–Trinajstić information content (AvgIpc) is 2.65. The van der Waals surface area contributed by atoms with Crippen LogP contribution in [0.2, 0.25) is 0 Å². The Morgan fingerprint density at radius 3 is 2.65 bits per heavy atom. The number of pyridine rings is 1.